The molecule has 0 nitrogen and oxygen atoms in total. The van der Waals surface area contributed by atoms with Gasteiger partial charge in [-0.2, -0.15) is 0 Å². The first-order chi connectivity index (χ1) is 6.94. The third kappa shape index (κ3) is 1.88. The van der Waals surface area contributed by atoms with Gasteiger partial charge in [-0.15, -0.1) is 0 Å². The van der Waals surface area contributed by atoms with E-state index in [0.29, 0.717) is 13.1 Å². The Bertz CT molecular complexity index is 233. The Balaban J connectivity index is 2.26. The molecule has 0 aromatic carbocycles. The fourth-order valence-corrected chi connectivity index (χ4v) is 8.26. The fourth-order valence-electron chi connectivity index (χ4n) is 3.81. The smallest absolute Gasteiger partial charge is 0.0120 e. The molecular weight excluding hydrogens is 199 g/mol. The van der Waals surface area contributed by atoms with Crippen molar-refractivity contribution in [3.8, 4) is 0 Å². The topological polar surface area (TPSA) is 0 Å². The van der Waals surface area contributed by atoms with E-state index in [9.17, 15) is 0 Å². The van der Waals surface area contributed by atoms with E-state index in [4.69, 9.17) is 0 Å². The van der Waals surface area contributed by atoms with Crippen molar-refractivity contribution in [3.05, 3.63) is 0 Å². The molecule has 0 amide bonds. The van der Waals surface area contributed by atoms with Crippen LogP contribution < -0.4 is 0 Å². The highest BCUT2D eigenvalue weighted by molar-refractivity contribution is 7.60. The van der Waals surface area contributed by atoms with Crippen LogP contribution in [0, 0.1) is 17.8 Å². The molecule has 2 heterocycles. The maximum atomic E-state index is 2.57. The summed E-state index contributed by atoms with van der Waals surface area (Å²) in [5, 5.41) is 0.640. The molecule has 1 heteroatoms. The van der Waals surface area contributed by atoms with Crippen molar-refractivity contribution < 1.29 is 0 Å². The average molecular weight is 226 g/mol. The first-order valence-corrected chi connectivity index (χ1v) is 8.31. The molecule has 0 bridgehead atoms. The van der Waals surface area contributed by atoms with Crippen molar-refractivity contribution in [1.29, 1.82) is 0 Å². The minimum Gasteiger partial charge on any atom is -0.0972 e. The predicted molar refractivity (Wildman–Crippen MR) is 71.0 cm³/mol. The molecule has 0 aliphatic carbocycles. The molecule has 0 aromatic rings. The fraction of sp³-hybridized carbons (Fsp3) is 1.00. The van der Waals surface area contributed by atoms with Crippen molar-refractivity contribution in [3.63, 3.8) is 0 Å². The van der Waals surface area contributed by atoms with Gasteiger partial charge in [0, 0.05) is 0 Å². The van der Waals surface area contributed by atoms with Crippen LogP contribution in [0.5, 0.6) is 0 Å². The van der Waals surface area contributed by atoms with Crippen LogP contribution in [0.25, 0.3) is 0 Å². The van der Waals surface area contributed by atoms with Gasteiger partial charge < -0.3 is 0 Å². The van der Waals surface area contributed by atoms with E-state index in [0.717, 1.165) is 23.4 Å². The predicted octanol–water partition coefficient (Wildman–Crippen LogP) is 4.72. The zero-order valence-corrected chi connectivity index (χ0v) is 12.0. The van der Waals surface area contributed by atoms with E-state index in [1.165, 1.54) is 19.3 Å². The lowest BCUT2D eigenvalue weighted by atomic mass is 9.82. The van der Waals surface area contributed by atoms with Crippen LogP contribution in [-0.4, -0.2) is 17.0 Å². The molecule has 0 N–H and O–H groups in total. The van der Waals surface area contributed by atoms with Crippen LogP contribution in [0.3, 0.4) is 0 Å². The third-order valence-electron chi connectivity index (χ3n) is 5.51. The van der Waals surface area contributed by atoms with Crippen molar-refractivity contribution >= 4 is 7.92 Å². The first kappa shape index (κ1) is 11.9. The minimum atomic E-state index is 0.305. The van der Waals surface area contributed by atoms with Gasteiger partial charge in [0.15, 0.2) is 0 Å². The zero-order chi connectivity index (χ0) is 11.2. The van der Waals surface area contributed by atoms with Crippen LogP contribution in [-0.2, 0) is 0 Å². The SMILES string of the molecule is CC1CCP2C1CCC(C)[C@H](C)C2(C)C. The Kier molecular flexibility index (Phi) is 3.19. The minimum absolute atomic E-state index is 0.305. The summed E-state index contributed by atoms with van der Waals surface area (Å²) in [6.45, 7) is 12.6. The van der Waals surface area contributed by atoms with Crippen LogP contribution in [0.2, 0.25) is 0 Å². The summed E-state index contributed by atoms with van der Waals surface area (Å²) in [7, 11) is 0.305. The highest BCUT2D eigenvalue weighted by Crippen LogP contribution is 2.67. The number of rotatable bonds is 0. The molecular formula is C14H27P. The van der Waals surface area contributed by atoms with Gasteiger partial charge >= 0.3 is 0 Å². The van der Waals surface area contributed by atoms with Crippen LogP contribution in [0.15, 0.2) is 0 Å². The van der Waals surface area contributed by atoms with Crippen LogP contribution in [0.4, 0.5) is 0 Å². The summed E-state index contributed by atoms with van der Waals surface area (Å²) in [6, 6.07) is 0. The summed E-state index contributed by atoms with van der Waals surface area (Å²) in [6.07, 6.45) is 6.09. The summed E-state index contributed by atoms with van der Waals surface area (Å²) in [5.74, 6) is 2.90. The van der Waals surface area contributed by atoms with E-state index >= 15 is 0 Å². The van der Waals surface area contributed by atoms with Gasteiger partial charge in [0.1, 0.15) is 0 Å². The molecule has 2 fully saturated rings. The molecule has 88 valence electrons. The Morgan fingerprint density at radius 2 is 1.60 bits per heavy atom. The maximum absolute atomic E-state index is 2.57. The lowest BCUT2D eigenvalue weighted by Crippen LogP contribution is -2.31. The van der Waals surface area contributed by atoms with Gasteiger partial charge in [-0.05, 0) is 54.0 Å². The normalized spacial score (nSPS) is 49.8. The van der Waals surface area contributed by atoms with Gasteiger partial charge in [0.2, 0.25) is 0 Å². The highest BCUT2D eigenvalue weighted by atomic mass is 31.1. The standard InChI is InChI=1S/C14H27P/c1-10-6-7-13-11(2)8-9-15(13)14(4,5)12(10)3/h10-13H,6-9H2,1-5H3/t10?,11?,12-,13?,15?/m0/s1. The lowest BCUT2D eigenvalue weighted by Gasteiger charge is -2.41. The highest BCUT2D eigenvalue weighted by Gasteiger charge is 2.47. The third-order valence-corrected chi connectivity index (χ3v) is 9.70. The van der Waals surface area contributed by atoms with E-state index in [1.54, 1.807) is 6.16 Å². The molecule has 4 unspecified atom stereocenters. The molecule has 0 radical (unpaired) electrons. The zero-order valence-electron chi connectivity index (χ0n) is 11.1. The van der Waals surface area contributed by atoms with E-state index in [-0.39, 0.29) is 0 Å². The molecule has 2 aliphatic heterocycles. The second-order valence-corrected chi connectivity index (χ2v) is 9.73. The monoisotopic (exact) mass is 226 g/mol. The second kappa shape index (κ2) is 4.02. The van der Waals surface area contributed by atoms with E-state index in [1.807, 2.05) is 0 Å². The first-order valence-electron chi connectivity index (χ1n) is 6.71. The van der Waals surface area contributed by atoms with Crippen molar-refractivity contribution in [2.45, 2.75) is 64.7 Å². The molecule has 2 saturated heterocycles. The van der Waals surface area contributed by atoms with E-state index < -0.39 is 0 Å². The molecule has 0 aromatic heterocycles. The maximum Gasteiger partial charge on any atom is -0.0120 e. The van der Waals surface area contributed by atoms with Gasteiger partial charge in [-0.1, -0.05) is 42.5 Å². The Morgan fingerprint density at radius 1 is 0.933 bits per heavy atom. The molecule has 2 rings (SSSR count). The summed E-state index contributed by atoms with van der Waals surface area (Å²) < 4.78 is 0. The van der Waals surface area contributed by atoms with Gasteiger partial charge in [-0.25, -0.2) is 0 Å². The van der Waals surface area contributed by atoms with E-state index in [2.05, 4.69) is 34.6 Å². The summed E-state index contributed by atoms with van der Waals surface area (Å²) in [5.41, 5.74) is 1.10. The molecule has 2 aliphatic rings. The van der Waals surface area contributed by atoms with Gasteiger partial charge in [0.25, 0.3) is 0 Å². The lowest BCUT2D eigenvalue weighted by molar-refractivity contribution is 0.306. The average Bonchev–Trinajstić information content (AvgIpc) is 2.51. The van der Waals surface area contributed by atoms with Crippen molar-refractivity contribution in [2.75, 3.05) is 6.16 Å². The Morgan fingerprint density at radius 3 is 2.27 bits per heavy atom. The van der Waals surface area contributed by atoms with Gasteiger partial charge in [0.05, 0.1) is 0 Å². The second-order valence-electron chi connectivity index (χ2n) is 6.52. The molecule has 0 spiro atoms. The number of fused-ring (bicyclic) bond motifs is 1. The van der Waals surface area contributed by atoms with Gasteiger partial charge in [-0.3, -0.25) is 0 Å². The summed E-state index contributed by atoms with van der Waals surface area (Å²) in [4.78, 5) is 0. The molecule has 0 saturated carbocycles. The van der Waals surface area contributed by atoms with Crippen molar-refractivity contribution in [2.24, 2.45) is 17.8 Å². The Hall–Kier alpha value is 0.430. The quantitative estimate of drug-likeness (QED) is 0.524. The Labute approximate surface area is 97.0 Å². The number of hydrogen-bond donors (Lipinski definition) is 0. The molecule has 5 atom stereocenters. The number of hydrogen-bond acceptors (Lipinski definition) is 0. The van der Waals surface area contributed by atoms with Crippen molar-refractivity contribution in [1.82, 2.24) is 0 Å². The summed E-state index contributed by atoms with van der Waals surface area (Å²) >= 11 is 0. The molecule has 15 heavy (non-hydrogen) atoms. The van der Waals surface area contributed by atoms with Crippen LogP contribution in [0.1, 0.15) is 53.9 Å². The van der Waals surface area contributed by atoms with Crippen LogP contribution >= 0.6 is 7.92 Å². The largest absolute Gasteiger partial charge is 0.0972 e.